The van der Waals surface area contributed by atoms with E-state index in [1.807, 2.05) is 0 Å². The molecule has 0 spiro atoms. The maximum atomic E-state index is 3.79. The van der Waals surface area contributed by atoms with Crippen molar-refractivity contribution < 1.29 is 0 Å². The predicted octanol–water partition coefficient (Wildman–Crippen LogP) is 2.96. The fraction of sp³-hybridized carbons (Fsp3) is 1.00. The van der Waals surface area contributed by atoms with Gasteiger partial charge in [-0.15, -0.1) is 0 Å². The van der Waals surface area contributed by atoms with Gasteiger partial charge in [-0.05, 0) is 59.9 Å². The molecule has 0 atom stereocenters. The predicted molar refractivity (Wildman–Crippen MR) is 91.8 cm³/mol. The molecular formula is C18H37N3. The quantitative estimate of drug-likeness (QED) is 0.860. The molecule has 0 bridgehead atoms. The largest absolute Gasteiger partial charge is 0.311 e. The van der Waals surface area contributed by atoms with Gasteiger partial charge >= 0.3 is 0 Å². The van der Waals surface area contributed by atoms with Crippen LogP contribution in [0.1, 0.15) is 60.3 Å². The van der Waals surface area contributed by atoms with Crippen LogP contribution in [0.2, 0.25) is 0 Å². The molecule has 1 N–H and O–H groups in total. The SMILES string of the molecule is CN1CCN(CC2(CNC(C)(C)C)CCCC2)CC1(C)C. The molecule has 2 aliphatic rings. The second-order valence-corrected chi connectivity index (χ2v) is 9.26. The van der Waals surface area contributed by atoms with Crippen molar-refractivity contribution in [2.45, 2.75) is 71.4 Å². The van der Waals surface area contributed by atoms with Gasteiger partial charge in [-0.25, -0.2) is 0 Å². The standard InChI is InChI=1S/C18H37N3/c1-16(2,3)19-13-18(9-7-8-10-18)15-21-12-11-20(6)17(4,5)14-21/h19H,7-15H2,1-6H3. The Bertz CT molecular complexity index is 337. The van der Waals surface area contributed by atoms with Crippen LogP contribution in [0.4, 0.5) is 0 Å². The molecule has 1 aliphatic carbocycles. The Kier molecular flexibility index (Phi) is 5.07. The highest BCUT2D eigenvalue weighted by atomic mass is 15.3. The third kappa shape index (κ3) is 4.67. The molecule has 0 aromatic rings. The number of piperazine rings is 1. The van der Waals surface area contributed by atoms with Crippen LogP contribution >= 0.6 is 0 Å². The van der Waals surface area contributed by atoms with Gasteiger partial charge in [-0.3, -0.25) is 9.80 Å². The number of rotatable bonds is 4. The van der Waals surface area contributed by atoms with Crippen molar-refractivity contribution in [3.05, 3.63) is 0 Å². The zero-order chi connectivity index (χ0) is 15.7. The van der Waals surface area contributed by atoms with Crippen molar-refractivity contribution in [1.29, 1.82) is 0 Å². The lowest BCUT2D eigenvalue weighted by molar-refractivity contribution is 0.0154. The summed E-state index contributed by atoms with van der Waals surface area (Å²) in [5.74, 6) is 0. The molecule has 0 radical (unpaired) electrons. The van der Waals surface area contributed by atoms with Crippen LogP contribution in [-0.2, 0) is 0 Å². The van der Waals surface area contributed by atoms with Gasteiger partial charge in [0.15, 0.2) is 0 Å². The summed E-state index contributed by atoms with van der Waals surface area (Å²) in [5, 5.41) is 3.79. The molecule has 3 heteroatoms. The number of nitrogens with zero attached hydrogens (tertiary/aromatic N) is 2. The summed E-state index contributed by atoms with van der Waals surface area (Å²) in [7, 11) is 2.27. The second-order valence-electron chi connectivity index (χ2n) is 9.26. The van der Waals surface area contributed by atoms with Crippen LogP contribution in [0.3, 0.4) is 0 Å². The molecule has 1 heterocycles. The van der Waals surface area contributed by atoms with Crippen LogP contribution < -0.4 is 5.32 Å². The third-order valence-electron chi connectivity index (χ3n) is 5.61. The zero-order valence-electron chi connectivity index (χ0n) is 15.3. The minimum Gasteiger partial charge on any atom is -0.311 e. The number of likely N-dealkylation sites (N-methyl/N-ethyl adjacent to an activating group) is 1. The average Bonchev–Trinajstić information content (AvgIpc) is 2.80. The molecule has 0 aromatic heterocycles. The first-order chi connectivity index (χ1) is 9.62. The first-order valence-corrected chi connectivity index (χ1v) is 8.81. The van der Waals surface area contributed by atoms with E-state index < -0.39 is 0 Å². The van der Waals surface area contributed by atoms with Gasteiger partial charge < -0.3 is 5.32 Å². The van der Waals surface area contributed by atoms with Crippen LogP contribution in [-0.4, -0.2) is 60.6 Å². The summed E-state index contributed by atoms with van der Waals surface area (Å²) in [6.07, 6.45) is 5.65. The van der Waals surface area contributed by atoms with E-state index in [-0.39, 0.29) is 5.54 Å². The third-order valence-corrected chi connectivity index (χ3v) is 5.61. The van der Waals surface area contributed by atoms with E-state index in [0.29, 0.717) is 11.0 Å². The van der Waals surface area contributed by atoms with Gasteiger partial charge in [0, 0.05) is 43.8 Å². The van der Waals surface area contributed by atoms with E-state index in [2.05, 4.69) is 56.8 Å². The first-order valence-electron chi connectivity index (χ1n) is 8.81. The topological polar surface area (TPSA) is 18.5 Å². The Hall–Kier alpha value is -0.120. The highest BCUT2D eigenvalue weighted by Gasteiger charge is 2.39. The fourth-order valence-electron chi connectivity index (χ4n) is 3.92. The molecule has 0 amide bonds. The van der Waals surface area contributed by atoms with Crippen molar-refractivity contribution in [2.75, 3.05) is 39.8 Å². The van der Waals surface area contributed by atoms with Crippen LogP contribution in [0.25, 0.3) is 0 Å². The van der Waals surface area contributed by atoms with Crippen molar-refractivity contribution >= 4 is 0 Å². The highest BCUT2D eigenvalue weighted by Crippen LogP contribution is 2.39. The number of hydrogen-bond donors (Lipinski definition) is 1. The minimum atomic E-state index is 0.233. The molecule has 21 heavy (non-hydrogen) atoms. The number of nitrogens with one attached hydrogen (secondary N) is 1. The van der Waals surface area contributed by atoms with E-state index in [4.69, 9.17) is 0 Å². The molecule has 2 rings (SSSR count). The lowest BCUT2D eigenvalue weighted by Gasteiger charge is -2.48. The summed E-state index contributed by atoms with van der Waals surface area (Å²) in [4.78, 5) is 5.24. The molecule has 1 aliphatic heterocycles. The van der Waals surface area contributed by atoms with E-state index in [9.17, 15) is 0 Å². The molecule has 0 aromatic carbocycles. The molecule has 124 valence electrons. The summed E-state index contributed by atoms with van der Waals surface area (Å²) in [5.41, 5.74) is 1.06. The van der Waals surface area contributed by atoms with Gasteiger partial charge in [0.1, 0.15) is 0 Å². The van der Waals surface area contributed by atoms with Crippen LogP contribution in [0.5, 0.6) is 0 Å². The van der Waals surface area contributed by atoms with Crippen molar-refractivity contribution in [3.8, 4) is 0 Å². The molecule has 0 unspecified atom stereocenters. The second kappa shape index (κ2) is 6.17. The van der Waals surface area contributed by atoms with Crippen LogP contribution in [0.15, 0.2) is 0 Å². The fourth-order valence-corrected chi connectivity index (χ4v) is 3.92. The molecule has 1 saturated carbocycles. The Morgan fingerprint density at radius 3 is 2.19 bits per heavy atom. The molecular weight excluding hydrogens is 258 g/mol. The summed E-state index contributed by atoms with van der Waals surface area (Å²) >= 11 is 0. The van der Waals surface area contributed by atoms with Gasteiger partial charge in [0.25, 0.3) is 0 Å². The van der Waals surface area contributed by atoms with Crippen molar-refractivity contribution in [3.63, 3.8) is 0 Å². The number of hydrogen-bond acceptors (Lipinski definition) is 3. The van der Waals surface area contributed by atoms with Gasteiger partial charge in [-0.2, -0.15) is 0 Å². The summed E-state index contributed by atoms with van der Waals surface area (Å²) < 4.78 is 0. The monoisotopic (exact) mass is 295 g/mol. The van der Waals surface area contributed by atoms with Crippen molar-refractivity contribution in [1.82, 2.24) is 15.1 Å². The average molecular weight is 296 g/mol. The minimum absolute atomic E-state index is 0.233. The lowest BCUT2D eigenvalue weighted by Crippen LogP contribution is -2.59. The van der Waals surface area contributed by atoms with Crippen molar-refractivity contribution in [2.24, 2.45) is 5.41 Å². The Balaban J connectivity index is 1.97. The molecule has 2 fully saturated rings. The maximum Gasteiger partial charge on any atom is 0.0277 e. The van der Waals surface area contributed by atoms with E-state index in [1.165, 1.54) is 58.4 Å². The Morgan fingerprint density at radius 2 is 1.67 bits per heavy atom. The maximum absolute atomic E-state index is 3.79. The van der Waals surface area contributed by atoms with Crippen LogP contribution in [0, 0.1) is 5.41 Å². The van der Waals surface area contributed by atoms with Gasteiger partial charge in [0.2, 0.25) is 0 Å². The normalized spacial score (nSPS) is 27.1. The van der Waals surface area contributed by atoms with Gasteiger partial charge in [-0.1, -0.05) is 12.8 Å². The Labute approximate surface area is 132 Å². The van der Waals surface area contributed by atoms with E-state index in [1.54, 1.807) is 0 Å². The summed E-state index contributed by atoms with van der Waals surface area (Å²) in [6.45, 7) is 17.7. The molecule has 3 nitrogen and oxygen atoms in total. The zero-order valence-corrected chi connectivity index (χ0v) is 15.3. The van der Waals surface area contributed by atoms with Gasteiger partial charge in [0.05, 0.1) is 0 Å². The smallest absolute Gasteiger partial charge is 0.0277 e. The van der Waals surface area contributed by atoms with E-state index >= 15 is 0 Å². The molecule has 1 saturated heterocycles. The van der Waals surface area contributed by atoms with E-state index in [0.717, 1.165) is 0 Å². The Morgan fingerprint density at radius 1 is 1.05 bits per heavy atom. The lowest BCUT2D eigenvalue weighted by atomic mass is 9.83. The highest BCUT2D eigenvalue weighted by molar-refractivity contribution is 4.95. The summed E-state index contributed by atoms with van der Waals surface area (Å²) in [6, 6.07) is 0. The first kappa shape index (κ1) is 17.2.